The van der Waals surface area contributed by atoms with Gasteiger partial charge < -0.3 is 20.1 Å². The Labute approximate surface area is 183 Å². The largest absolute Gasteiger partial charge is 0.395 e. The lowest BCUT2D eigenvalue weighted by Gasteiger charge is -2.18. The third-order valence-corrected chi connectivity index (χ3v) is 5.66. The first-order chi connectivity index (χ1) is 15.1. The van der Waals surface area contributed by atoms with E-state index in [0.717, 1.165) is 16.8 Å². The van der Waals surface area contributed by atoms with Crippen molar-refractivity contribution in [3.63, 3.8) is 0 Å². The van der Waals surface area contributed by atoms with Crippen LogP contribution in [0.3, 0.4) is 0 Å². The smallest absolute Gasteiger partial charge is 0.0843 e. The zero-order chi connectivity index (χ0) is 21.8. The lowest BCUT2D eigenvalue weighted by molar-refractivity contribution is 0.150. The topological polar surface area (TPSA) is 57.4 Å². The van der Waals surface area contributed by atoms with Crippen molar-refractivity contribution in [3.05, 3.63) is 83.9 Å². The van der Waals surface area contributed by atoms with Crippen LogP contribution in [0.5, 0.6) is 0 Å². The molecule has 0 aliphatic heterocycles. The van der Waals surface area contributed by atoms with Crippen molar-refractivity contribution >= 4 is 10.9 Å². The highest BCUT2D eigenvalue weighted by Gasteiger charge is 2.23. The molecule has 0 bridgehead atoms. The molecule has 0 amide bonds. The summed E-state index contributed by atoms with van der Waals surface area (Å²) in [6, 6.07) is 25.4. The maximum atomic E-state index is 10.8. The average molecular weight is 415 g/mol. The number of rotatable bonds is 8. The molecule has 0 aliphatic rings. The fraction of sp³-hybridized carbons (Fsp3) is 0.259. The molecule has 31 heavy (non-hydrogen) atoms. The highest BCUT2D eigenvalue weighted by Crippen LogP contribution is 2.42. The van der Waals surface area contributed by atoms with Gasteiger partial charge in [0.25, 0.3) is 0 Å². The molecule has 4 nitrogen and oxygen atoms in total. The number of fused-ring (bicyclic) bond motifs is 1. The van der Waals surface area contributed by atoms with Crippen LogP contribution in [0.2, 0.25) is 0 Å². The number of hydrogen-bond acceptors (Lipinski definition) is 3. The van der Waals surface area contributed by atoms with Crippen molar-refractivity contribution in [1.29, 1.82) is 0 Å². The second-order valence-corrected chi connectivity index (χ2v) is 8.13. The van der Waals surface area contributed by atoms with E-state index in [1.54, 1.807) is 0 Å². The zero-order valence-electron chi connectivity index (χ0n) is 18.2. The van der Waals surface area contributed by atoms with Gasteiger partial charge in [-0.1, -0.05) is 72.3 Å². The molecule has 0 spiro atoms. The summed E-state index contributed by atoms with van der Waals surface area (Å²) in [5.41, 5.74) is 8.20. The predicted octanol–water partition coefficient (Wildman–Crippen LogP) is 4.53. The Bertz CT molecular complexity index is 1150. The summed E-state index contributed by atoms with van der Waals surface area (Å²) in [5.74, 6) is 0. The highest BCUT2D eigenvalue weighted by atomic mass is 16.3. The van der Waals surface area contributed by atoms with Crippen LogP contribution in [0, 0.1) is 13.8 Å². The standard InChI is InChI=1S/C27H30N2O2/c1-19-15-20(2)26-24(16-19)25(21-9-5-3-6-10-21)27(22-11-7-4-8-12-22)29(26)18-23(31)17-28-13-14-30/h3-12,15-16,23,28,30-31H,13-14,17-18H2,1-2H3. The van der Waals surface area contributed by atoms with Crippen molar-refractivity contribution in [2.24, 2.45) is 0 Å². The Balaban J connectivity index is 1.98. The highest BCUT2D eigenvalue weighted by molar-refractivity contribution is 6.06. The normalized spacial score (nSPS) is 12.4. The minimum absolute atomic E-state index is 0.0605. The first kappa shape index (κ1) is 21.3. The molecule has 0 saturated heterocycles. The second kappa shape index (κ2) is 9.48. The second-order valence-electron chi connectivity index (χ2n) is 8.13. The summed E-state index contributed by atoms with van der Waals surface area (Å²) in [5, 5.41) is 24.2. The maximum Gasteiger partial charge on any atom is 0.0843 e. The van der Waals surface area contributed by atoms with Crippen molar-refractivity contribution in [1.82, 2.24) is 9.88 Å². The molecule has 4 rings (SSSR count). The molecule has 1 aromatic heterocycles. The molecular formula is C27H30N2O2. The molecule has 3 N–H and O–H groups in total. The third-order valence-electron chi connectivity index (χ3n) is 5.66. The Morgan fingerprint density at radius 1 is 0.903 bits per heavy atom. The molecule has 1 atom stereocenters. The molecule has 0 saturated carbocycles. The van der Waals surface area contributed by atoms with Crippen LogP contribution in [-0.4, -0.2) is 40.6 Å². The molecule has 3 aromatic carbocycles. The van der Waals surface area contributed by atoms with Gasteiger partial charge in [0.05, 0.1) is 30.5 Å². The molecule has 0 radical (unpaired) electrons. The summed E-state index contributed by atoms with van der Waals surface area (Å²) >= 11 is 0. The number of nitrogens with one attached hydrogen (secondary N) is 1. The number of benzene rings is 3. The number of aliphatic hydroxyl groups is 2. The van der Waals surface area contributed by atoms with E-state index in [1.165, 1.54) is 27.6 Å². The van der Waals surface area contributed by atoms with Gasteiger partial charge in [-0.2, -0.15) is 0 Å². The van der Waals surface area contributed by atoms with Gasteiger partial charge in [0, 0.05) is 24.0 Å². The molecule has 0 aliphatic carbocycles. The van der Waals surface area contributed by atoms with Gasteiger partial charge in [0.1, 0.15) is 0 Å². The first-order valence-electron chi connectivity index (χ1n) is 10.8. The molecule has 0 fully saturated rings. The van der Waals surface area contributed by atoms with E-state index < -0.39 is 6.10 Å². The average Bonchev–Trinajstić information content (AvgIpc) is 3.09. The summed E-state index contributed by atoms with van der Waals surface area (Å²) in [6.45, 7) is 5.71. The molecule has 4 aromatic rings. The number of aliphatic hydroxyl groups excluding tert-OH is 2. The quantitative estimate of drug-likeness (QED) is 0.371. The number of aromatic nitrogens is 1. The summed E-state index contributed by atoms with van der Waals surface area (Å²) < 4.78 is 2.27. The van der Waals surface area contributed by atoms with Gasteiger partial charge in [-0.25, -0.2) is 0 Å². The van der Waals surface area contributed by atoms with Crippen LogP contribution in [0.4, 0.5) is 0 Å². The van der Waals surface area contributed by atoms with E-state index in [1.807, 2.05) is 12.1 Å². The lowest BCUT2D eigenvalue weighted by Crippen LogP contribution is -2.32. The maximum absolute atomic E-state index is 10.8. The van der Waals surface area contributed by atoms with Crippen LogP contribution in [-0.2, 0) is 6.54 Å². The van der Waals surface area contributed by atoms with Gasteiger partial charge in [0.15, 0.2) is 0 Å². The van der Waals surface area contributed by atoms with Crippen LogP contribution < -0.4 is 5.32 Å². The van der Waals surface area contributed by atoms with Crippen molar-refractivity contribution in [2.45, 2.75) is 26.5 Å². The zero-order valence-corrected chi connectivity index (χ0v) is 18.2. The Hall–Kier alpha value is -2.92. The van der Waals surface area contributed by atoms with E-state index in [2.05, 4.69) is 84.4 Å². The number of hydrogen-bond donors (Lipinski definition) is 3. The summed E-state index contributed by atoms with van der Waals surface area (Å²) in [4.78, 5) is 0. The summed E-state index contributed by atoms with van der Waals surface area (Å²) in [6.07, 6.45) is -0.575. The van der Waals surface area contributed by atoms with E-state index in [-0.39, 0.29) is 6.61 Å². The van der Waals surface area contributed by atoms with Crippen molar-refractivity contribution < 1.29 is 10.2 Å². The Morgan fingerprint density at radius 2 is 1.55 bits per heavy atom. The van der Waals surface area contributed by atoms with E-state index >= 15 is 0 Å². The predicted molar refractivity (Wildman–Crippen MR) is 128 cm³/mol. The fourth-order valence-corrected chi connectivity index (χ4v) is 4.48. The fourth-order valence-electron chi connectivity index (χ4n) is 4.48. The molecule has 4 heteroatoms. The lowest BCUT2D eigenvalue weighted by atomic mass is 9.97. The van der Waals surface area contributed by atoms with Gasteiger partial charge in [-0.05, 0) is 36.6 Å². The van der Waals surface area contributed by atoms with Crippen LogP contribution in [0.15, 0.2) is 72.8 Å². The van der Waals surface area contributed by atoms with Gasteiger partial charge >= 0.3 is 0 Å². The Kier molecular flexibility index (Phi) is 6.52. The monoisotopic (exact) mass is 414 g/mol. The number of aryl methyl sites for hydroxylation is 2. The third kappa shape index (κ3) is 4.42. The molecule has 160 valence electrons. The van der Waals surface area contributed by atoms with Crippen LogP contribution in [0.1, 0.15) is 11.1 Å². The number of nitrogens with zero attached hydrogens (tertiary/aromatic N) is 1. The van der Waals surface area contributed by atoms with Gasteiger partial charge in [-0.15, -0.1) is 0 Å². The molecule has 1 heterocycles. The summed E-state index contributed by atoms with van der Waals surface area (Å²) in [7, 11) is 0. The van der Waals surface area contributed by atoms with E-state index in [0.29, 0.717) is 19.6 Å². The van der Waals surface area contributed by atoms with Gasteiger partial charge in [0.2, 0.25) is 0 Å². The van der Waals surface area contributed by atoms with Crippen LogP contribution >= 0.6 is 0 Å². The minimum Gasteiger partial charge on any atom is -0.395 e. The first-order valence-corrected chi connectivity index (χ1v) is 10.8. The molecule has 1 unspecified atom stereocenters. The van der Waals surface area contributed by atoms with Crippen molar-refractivity contribution in [3.8, 4) is 22.4 Å². The van der Waals surface area contributed by atoms with Gasteiger partial charge in [-0.3, -0.25) is 0 Å². The SMILES string of the molecule is Cc1cc(C)c2c(c1)c(-c1ccccc1)c(-c1ccccc1)n2CC(O)CNCCO. The van der Waals surface area contributed by atoms with Crippen LogP contribution in [0.25, 0.3) is 33.3 Å². The van der Waals surface area contributed by atoms with E-state index in [4.69, 9.17) is 5.11 Å². The minimum atomic E-state index is -0.575. The molecular weight excluding hydrogens is 384 g/mol. The van der Waals surface area contributed by atoms with E-state index in [9.17, 15) is 5.11 Å². The van der Waals surface area contributed by atoms with Crippen molar-refractivity contribution in [2.75, 3.05) is 19.7 Å². The Morgan fingerprint density at radius 3 is 2.19 bits per heavy atom.